The summed E-state index contributed by atoms with van der Waals surface area (Å²) in [7, 11) is 0. The largest absolute Gasteiger partial charge is 0.387 e. The molecule has 2 fully saturated rings. The fourth-order valence-electron chi connectivity index (χ4n) is 3.87. The Balaban J connectivity index is 2.15. The Morgan fingerprint density at radius 2 is 1.76 bits per heavy atom. The Hall–Kier alpha value is -0.0800. The summed E-state index contributed by atoms with van der Waals surface area (Å²) in [5.41, 5.74) is -0.778. The Morgan fingerprint density at radius 1 is 1.18 bits per heavy atom. The molecule has 1 saturated heterocycles. The predicted octanol–water partition coefficient (Wildman–Crippen LogP) is 3.52. The lowest BCUT2D eigenvalue weighted by Gasteiger charge is -2.39. The number of aliphatic hydroxyl groups is 1. The number of fused-ring (bicyclic) bond motifs is 1. The number of hydrogen-bond donors (Lipinski definition) is 1. The van der Waals surface area contributed by atoms with Crippen LogP contribution in [0.1, 0.15) is 66.2 Å². The maximum absolute atomic E-state index is 11.2. The van der Waals surface area contributed by atoms with Crippen molar-refractivity contribution in [3.05, 3.63) is 0 Å². The second kappa shape index (κ2) is 4.55. The van der Waals surface area contributed by atoms with E-state index in [-0.39, 0.29) is 5.60 Å². The summed E-state index contributed by atoms with van der Waals surface area (Å²) in [5.74, 6) is 1.06. The first-order valence-electron chi connectivity index (χ1n) is 7.30. The minimum Gasteiger partial charge on any atom is -0.387 e. The zero-order chi connectivity index (χ0) is 12.7. The predicted molar refractivity (Wildman–Crippen MR) is 69.9 cm³/mol. The van der Waals surface area contributed by atoms with Gasteiger partial charge in [0, 0.05) is 0 Å². The van der Waals surface area contributed by atoms with E-state index < -0.39 is 5.60 Å². The van der Waals surface area contributed by atoms with Crippen LogP contribution in [0, 0.1) is 11.8 Å². The van der Waals surface area contributed by atoms with E-state index in [0.717, 1.165) is 25.7 Å². The van der Waals surface area contributed by atoms with Crippen LogP contribution >= 0.6 is 0 Å². The SMILES string of the molecule is CC(C)CC(O)(CC(C)C)[C@@]12CCCC[C@@H]1O2. The van der Waals surface area contributed by atoms with Crippen LogP contribution in [0.2, 0.25) is 0 Å². The van der Waals surface area contributed by atoms with E-state index in [4.69, 9.17) is 4.74 Å². The van der Waals surface area contributed by atoms with Gasteiger partial charge in [0.15, 0.2) is 0 Å². The molecule has 2 nitrogen and oxygen atoms in total. The zero-order valence-electron chi connectivity index (χ0n) is 11.8. The van der Waals surface area contributed by atoms with E-state index >= 15 is 0 Å². The topological polar surface area (TPSA) is 32.8 Å². The van der Waals surface area contributed by atoms with Crippen molar-refractivity contribution >= 4 is 0 Å². The molecule has 1 heterocycles. The molecule has 1 N–H and O–H groups in total. The van der Waals surface area contributed by atoms with Crippen molar-refractivity contribution < 1.29 is 9.84 Å². The van der Waals surface area contributed by atoms with Crippen LogP contribution in [0.4, 0.5) is 0 Å². The second-order valence-corrected chi connectivity index (χ2v) is 6.97. The van der Waals surface area contributed by atoms with Gasteiger partial charge in [0.05, 0.1) is 11.7 Å². The van der Waals surface area contributed by atoms with Crippen molar-refractivity contribution in [2.24, 2.45) is 11.8 Å². The fraction of sp³-hybridized carbons (Fsp3) is 1.00. The summed E-state index contributed by atoms with van der Waals surface area (Å²) >= 11 is 0. The minimum atomic E-state index is -0.597. The Kier molecular flexibility index (Phi) is 3.57. The van der Waals surface area contributed by atoms with Gasteiger partial charge in [-0.15, -0.1) is 0 Å². The van der Waals surface area contributed by atoms with Gasteiger partial charge in [-0.25, -0.2) is 0 Å². The number of epoxide rings is 1. The van der Waals surface area contributed by atoms with Crippen LogP contribution in [0.3, 0.4) is 0 Å². The van der Waals surface area contributed by atoms with Crippen molar-refractivity contribution in [2.45, 2.75) is 83.5 Å². The highest BCUT2D eigenvalue weighted by Gasteiger charge is 2.68. The van der Waals surface area contributed by atoms with Gasteiger partial charge < -0.3 is 9.84 Å². The Labute approximate surface area is 106 Å². The molecule has 1 aliphatic heterocycles. The molecular formula is C15H28O2. The van der Waals surface area contributed by atoms with Gasteiger partial charge in [0.1, 0.15) is 5.60 Å². The van der Waals surface area contributed by atoms with Gasteiger partial charge >= 0.3 is 0 Å². The summed E-state index contributed by atoms with van der Waals surface area (Å²) < 4.78 is 5.98. The molecule has 0 spiro atoms. The number of ether oxygens (including phenoxy) is 1. The summed E-state index contributed by atoms with van der Waals surface area (Å²) in [5, 5.41) is 11.2. The third-order valence-electron chi connectivity index (χ3n) is 4.36. The second-order valence-electron chi connectivity index (χ2n) is 6.97. The third-order valence-corrected chi connectivity index (χ3v) is 4.36. The van der Waals surface area contributed by atoms with E-state index in [1.54, 1.807) is 0 Å². The maximum atomic E-state index is 11.2. The van der Waals surface area contributed by atoms with E-state index in [1.807, 2.05) is 0 Å². The smallest absolute Gasteiger partial charge is 0.123 e. The summed E-state index contributed by atoms with van der Waals surface area (Å²) in [6.45, 7) is 8.79. The van der Waals surface area contributed by atoms with Gasteiger partial charge in [-0.2, -0.15) is 0 Å². The zero-order valence-corrected chi connectivity index (χ0v) is 11.8. The average molecular weight is 240 g/mol. The molecule has 0 radical (unpaired) electrons. The van der Waals surface area contributed by atoms with Crippen molar-refractivity contribution in [1.29, 1.82) is 0 Å². The molecule has 0 aromatic heterocycles. The van der Waals surface area contributed by atoms with Crippen molar-refractivity contribution in [3.8, 4) is 0 Å². The normalized spacial score (nSPS) is 33.0. The van der Waals surface area contributed by atoms with E-state index in [9.17, 15) is 5.11 Å². The molecule has 17 heavy (non-hydrogen) atoms. The summed E-state index contributed by atoms with van der Waals surface area (Å²) in [6.07, 6.45) is 6.80. The lowest BCUT2D eigenvalue weighted by Crippen LogP contribution is -2.50. The minimum absolute atomic E-state index is 0.181. The molecule has 100 valence electrons. The van der Waals surface area contributed by atoms with Crippen LogP contribution in [-0.4, -0.2) is 22.4 Å². The van der Waals surface area contributed by atoms with Crippen LogP contribution < -0.4 is 0 Å². The summed E-state index contributed by atoms with van der Waals surface area (Å²) in [4.78, 5) is 0. The first-order chi connectivity index (χ1) is 7.90. The molecule has 2 heteroatoms. The lowest BCUT2D eigenvalue weighted by atomic mass is 9.69. The van der Waals surface area contributed by atoms with E-state index in [0.29, 0.717) is 17.9 Å². The summed E-state index contributed by atoms with van der Waals surface area (Å²) in [6, 6.07) is 0. The van der Waals surface area contributed by atoms with Crippen LogP contribution in [0.5, 0.6) is 0 Å². The first-order valence-corrected chi connectivity index (χ1v) is 7.30. The van der Waals surface area contributed by atoms with Gasteiger partial charge in [-0.1, -0.05) is 40.5 Å². The third kappa shape index (κ3) is 2.39. The van der Waals surface area contributed by atoms with Gasteiger partial charge in [0.2, 0.25) is 0 Å². The highest BCUT2D eigenvalue weighted by molar-refractivity contribution is 5.17. The quantitative estimate of drug-likeness (QED) is 0.746. The molecule has 2 aliphatic rings. The fourth-order valence-corrected chi connectivity index (χ4v) is 3.87. The molecule has 0 aromatic rings. The van der Waals surface area contributed by atoms with Gasteiger partial charge in [-0.05, 0) is 37.5 Å². The lowest BCUT2D eigenvalue weighted by molar-refractivity contribution is -0.0730. The molecule has 0 unspecified atom stereocenters. The van der Waals surface area contributed by atoms with Gasteiger partial charge in [-0.3, -0.25) is 0 Å². The molecule has 0 bridgehead atoms. The van der Waals surface area contributed by atoms with Crippen molar-refractivity contribution in [2.75, 3.05) is 0 Å². The molecule has 0 amide bonds. The van der Waals surface area contributed by atoms with E-state index in [2.05, 4.69) is 27.7 Å². The monoisotopic (exact) mass is 240 g/mol. The van der Waals surface area contributed by atoms with Crippen LogP contribution in [0.15, 0.2) is 0 Å². The first kappa shape index (κ1) is 13.4. The molecule has 2 rings (SSSR count). The molecule has 1 aliphatic carbocycles. The molecule has 0 aromatic carbocycles. The Morgan fingerprint density at radius 3 is 2.24 bits per heavy atom. The van der Waals surface area contributed by atoms with Crippen molar-refractivity contribution in [1.82, 2.24) is 0 Å². The van der Waals surface area contributed by atoms with Crippen LogP contribution in [-0.2, 0) is 4.74 Å². The Bertz CT molecular complexity index is 262. The number of hydrogen-bond acceptors (Lipinski definition) is 2. The molecule has 2 atom stereocenters. The van der Waals surface area contributed by atoms with Crippen LogP contribution in [0.25, 0.3) is 0 Å². The standard InChI is InChI=1S/C15H28O2/c1-11(2)9-14(16,10-12(3)4)15-8-6-5-7-13(15)17-15/h11-13,16H,5-10H2,1-4H3/t13-,15+/m0/s1. The number of rotatable bonds is 5. The van der Waals surface area contributed by atoms with E-state index in [1.165, 1.54) is 12.8 Å². The highest BCUT2D eigenvalue weighted by Crippen LogP contribution is 2.57. The maximum Gasteiger partial charge on any atom is 0.123 e. The highest BCUT2D eigenvalue weighted by atomic mass is 16.6. The average Bonchev–Trinajstić information content (AvgIpc) is 2.90. The molecular weight excluding hydrogens is 212 g/mol. The van der Waals surface area contributed by atoms with Gasteiger partial charge in [0.25, 0.3) is 0 Å². The molecule has 1 saturated carbocycles. The van der Waals surface area contributed by atoms with Crippen molar-refractivity contribution in [3.63, 3.8) is 0 Å².